The third kappa shape index (κ3) is 4.90. The van der Waals surface area contributed by atoms with E-state index in [4.69, 9.17) is 12.2 Å². The second-order valence-corrected chi connectivity index (χ2v) is 9.81. The van der Waals surface area contributed by atoms with Crippen molar-refractivity contribution in [3.8, 4) is 10.7 Å². The Kier molecular flexibility index (Phi) is 6.07. The maximum atomic E-state index is 12.6. The second-order valence-electron chi connectivity index (χ2n) is 6.68. The van der Waals surface area contributed by atoms with E-state index >= 15 is 0 Å². The number of benzene rings is 1. The second kappa shape index (κ2) is 8.72. The lowest BCUT2D eigenvalue weighted by atomic mass is 10.2. The van der Waals surface area contributed by atoms with Gasteiger partial charge < -0.3 is 0 Å². The van der Waals surface area contributed by atoms with Gasteiger partial charge in [-0.3, -0.25) is 10.00 Å². The molecule has 0 spiro atoms. The van der Waals surface area contributed by atoms with Crippen LogP contribution in [0.25, 0.3) is 16.8 Å². The van der Waals surface area contributed by atoms with E-state index in [1.54, 1.807) is 17.4 Å². The highest BCUT2D eigenvalue weighted by atomic mass is 32.2. The van der Waals surface area contributed by atoms with Crippen molar-refractivity contribution in [2.45, 2.75) is 6.67 Å². The molecule has 1 saturated heterocycles. The molecule has 29 heavy (non-hydrogen) atoms. The first-order valence-corrected chi connectivity index (χ1v) is 12.0. The van der Waals surface area contributed by atoms with Crippen LogP contribution < -0.4 is 0 Å². The van der Waals surface area contributed by atoms with Gasteiger partial charge in [0.05, 0.1) is 11.5 Å². The molecule has 1 aliphatic heterocycles. The number of thiophene rings is 1. The Balaban J connectivity index is 1.36. The molecular formula is C19H21N5O2S3. The standard InChI is InChI=1S/C19H21N5O2S3/c25-29(26,14-8-16-5-2-1-3-6-16)23-11-9-22(10-12-23)15-24-19(27)20-18(21-24)17-7-4-13-28-17/h1-8,13-14H,9-12,15H2,(H,20,21,27)/b14-8+. The monoisotopic (exact) mass is 447 g/mol. The van der Waals surface area contributed by atoms with Gasteiger partial charge in [-0.25, -0.2) is 13.1 Å². The maximum absolute atomic E-state index is 12.6. The van der Waals surface area contributed by atoms with E-state index in [1.165, 1.54) is 9.71 Å². The molecule has 0 bridgehead atoms. The van der Waals surface area contributed by atoms with Crippen molar-refractivity contribution in [3.05, 3.63) is 63.6 Å². The van der Waals surface area contributed by atoms with Gasteiger partial charge in [-0.05, 0) is 35.3 Å². The third-order valence-electron chi connectivity index (χ3n) is 4.70. The van der Waals surface area contributed by atoms with Crippen LogP contribution in [0.3, 0.4) is 0 Å². The van der Waals surface area contributed by atoms with Gasteiger partial charge in [0.2, 0.25) is 14.8 Å². The number of H-pyrrole nitrogens is 1. The van der Waals surface area contributed by atoms with Crippen molar-refractivity contribution in [1.29, 1.82) is 0 Å². The fourth-order valence-corrected chi connectivity index (χ4v) is 5.15. The van der Waals surface area contributed by atoms with Crippen molar-refractivity contribution in [2.24, 2.45) is 0 Å². The van der Waals surface area contributed by atoms with Crippen LogP contribution in [-0.4, -0.2) is 58.6 Å². The number of rotatable bonds is 6. The number of aromatic nitrogens is 3. The summed E-state index contributed by atoms with van der Waals surface area (Å²) in [5, 5.41) is 6.52. The molecule has 1 aromatic carbocycles. The Hall–Kier alpha value is -2.11. The third-order valence-corrected chi connectivity index (χ3v) is 7.45. The number of nitrogens with one attached hydrogen (secondary N) is 1. The molecule has 0 radical (unpaired) electrons. The summed E-state index contributed by atoms with van der Waals surface area (Å²) in [6.07, 6.45) is 1.64. The lowest BCUT2D eigenvalue weighted by molar-refractivity contribution is 0.145. The van der Waals surface area contributed by atoms with Gasteiger partial charge in [0.1, 0.15) is 0 Å². The zero-order valence-corrected chi connectivity index (χ0v) is 18.1. The Labute approximate surface area is 179 Å². The molecular weight excluding hydrogens is 426 g/mol. The van der Waals surface area contributed by atoms with Gasteiger partial charge in [0, 0.05) is 31.6 Å². The van der Waals surface area contributed by atoms with E-state index in [2.05, 4.69) is 15.0 Å². The van der Waals surface area contributed by atoms with Gasteiger partial charge in [0.15, 0.2) is 5.82 Å². The molecule has 3 heterocycles. The molecule has 1 fully saturated rings. The zero-order valence-electron chi connectivity index (χ0n) is 15.6. The molecule has 0 aliphatic carbocycles. The highest BCUT2D eigenvalue weighted by molar-refractivity contribution is 7.92. The summed E-state index contributed by atoms with van der Waals surface area (Å²) in [4.78, 5) is 7.62. The fraction of sp³-hybridized carbons (Fsp3) is 0.263. The van der Waals surface area contributed by atoms with E-state index in [0.717, 1.165) is 16.3 Å². The predicted molar refractivity (Wildman–Crippen MR) is 118 cm³/mol. The molecule has 3 aromatic rings. The van der Waals surface area contributed by atoms with Gasteiger partial charge in [0.25, 0.3) is 0 Å². The summed E-state index contributed by atoms with van der Waals surface area (Å²) < 4.78 is 29.0. The van der Waals surface area contributed by atoms with Crippen molar-refractivity contribution in [3.63, 3.8) is 0 Å². The van der Waals surface area contributed by atoms with Crippen LogP contribution in [-0.2, 0) is 16.7 Å². The Morgan fingerprint density at radius 3 is 2.55 bits per heavy atom. The van der Waals surface area contributed by atoms with Crippen LogP contribution in [0.15, 0.2) is 53.3 Å². The quantitative estimate of drug-likeness (QED) is 0.587. The molecule has 0 unspecified atom stereocenters. The summed E-state index contributed by atoms with van der Waals surface area (Å²) in [6, 6.07) is 13.4. The number of hydrogen-bond donors (Lipinski definition) is 1. The molecule has 10 heteroatoms. The SMILES string of the molecule is O=S(=O)(/C=C/c1ccccc1)N1CCN(Cn2[nH]c(-c3cccs3)nc2=S)CC1. The Morgan fingerprint density at radius 1 is 1.10 bits per heavy atom. The average molecular weight is 448 g/mol. The Morgan fingerprint density at radius 2 is 1.86 bits per heavy atom. The van der Waals surface area contributed by atoms with Crippen molar-refractivity contribution >= 4 is 39.7 Å². The fourth-order valence-electron chi connectivity index (χ4n) is 3.12. The smallest absolute Gasteiger partial charge is 0.236 e. The lowest BCUT2D eigenvalue weighted by Gasteiger charge is -2.33. The van der Waals surface area contributed by atoms with Crippen LogP contribution in [0.4, 0.5) is 0 Å². The van der Waals surface area contributed by atoms with E-state index in [1.807, 2.05) is 52.5 Å². The Bertz CT molecular complexity index is 1130. The van der Waals surface area contributed by atoms with Crippen molar-refractivity contribution in [2.75, 3.05) is 26.2 Å². The average Bonchev–Trinajstić information content (AvgIpc) is 3.38. The highest BCUT2D eigenvalue weighted by Gasteiger charge is 2.25. The van der Waals surface area contributed by atoms with Crippen LogP contribution >= 0.6 is 23.6 Å². The summed E-state index contributed by atoms with van der Waals surface area (Å²) in [7, 11) is -3.43. The van der Waals surface area contributed by atoms with Crippen LogP contribution in [0.2, 0.25) is 0 Å². The van der Waals surface area contributed by atoms with Crippen LogP contribution in [0, 0.1) is 4.77 Å². The summed E-state index contributed by atoms with van der Waals surface area (Å²) in [5.41, 5.74) is 0.866. The summed E-state index contributed by atoms with van der Waals surface area (Å²) in [5.74, 6) is 0.761. The number of piperazine rings is 1. The minimum atomic E-state index is -3.43. The van der Waals surface area contributed by atoms with Gasteiger partial charge in [-0.1, -0.05) is 36.4 Å². The van der Waals surface area contributed by atoms with Gasteiger partial charge in [-0.2, -0.15) is 9.29 Å². The minimum Gasteiger partial charge on any atom is -0.282 e. The summed E-state index contributed by atoms with van der Waals surface area (Å²) >= 11 is 6.97. The molecule has 0 amide bonds. The molecule has 4 rings (SSSR count). The number of hydrogen-bond acceptors (Lipinski definition) is 6. The topological polar surface area (TPSA) is 74.2 Å². The van der Waals surface area contributed by atoms with E-state index in [-0.39, 0.29) is 0 Å². The largest absolute Gasteiger partial charge is 0.282 e. The molecule has 1 aliphatic rings. The zero-order chi connectivity index (χ0) is 20.3. The van der Waals surface area contributed by atoms with E-state index < -0.39 is 10.0 Å². The number of aromatic amines is 1. The van der Waals surface area contributed by atoms with E-state index in [0.29, 0.717) is 37.6 Å². The van der Waals surface area contributed by atoms with E-state index in [9.17, 15) is 8.42 Å². The van der Waals surface area contributed by atoms with Crippen LogP contribution in [0.5, 0.6) is 0 Å². The van der Waals surface area contributed by atoms with Gasteiger partial charge in [-0.15, -0.1) is 11.3 Å². The first-order chi connectivity index (χ1) is 14.0. The molecule has 152 valence electrons. The van der Waals surface area contributed by atoms with Crippen LogP contribution in [0.1, 0.15) is 5.56 Å². The highest BCUT2D eigenvalue weighted by Crippen LogP contribution is 2.21. The molecule has 0 atom stereocenters. The predicted octanol–water partition coefficient (Wildman–Crippen LogP) is 3.24. The molecule has 2 aromatic heterocycles. The normalized spacial score (nSPS) is 16.6. The van der Waals surface area contributed by atoms with Crippen molar-refractivity contribution < 1.29 is 8.42 Å². The molecule has 7 nitrogen and oxygen atoms in total. The molecule has 0 saturated carbocycles. The minimum absolute atomic E-state index is 0.445. The summed E-state index contributed by atoms with van der Waals surface area (Å²) in [6.45, 7) is 2.72. The maximum Gasteiger partial charge on any atom is 0.236 e. The molecule has 1 N–H and O–H groups in total. The van der Waals surface area contributed by atoms with Gasteiger partial charge >= 0.3 is 0 Å². The number of nitrogens with zero attached hydrogens (tertiary/aromatic N) is 4. The lowest BCUT2D eigenvalue weighted by Crippen LogP contribution is -2.48. The van der Waals surface area contributed by atoms with Crippen molar-refractivity contribution in [1.82, 2.24) is 24.0 Å². The first kappa shape index (κ1) is 20.2. The number of sulfonamides is 1. The first-order valence-electron chi connectivity index (χ1n) is 9.18.